The first-order chi connectivity index (χ1) is 14.0. The van der Waals surface area contributed by atoms with Crippen molar-refractivity contribution in [1.82, 2.24) is 29.5 Å². The van der Waals surface area contributed by atoms with E-state index >= 15 is 0 Å². The van der Waals surface area contributed by atoms with E-state index in [1.165, 1.54) is 5.56 Å². The molecule has 7 nitrogen and oxygen atoms in total. The van der Waals surface area contributed by atoms with Gasteiger partial charge in [-0.15, -0.1) is 0 Å². The number of carbonyl (C=O) groups excluding carboxylic acids is 1. The number of rotatable bonds is 9. The number of fused-ring (bicyclic) bond motifs is 1. The molecule has 1 amide bonds. The highest BCUT2D eigenvalue weighted by atomic mass is 16.2. The van der Waals surface area contributed by atoms with Crippen molar-refractivity contribution in [2.45, 2.75) is 40.7 Å². The molecule has 0 unspecified atom stereocenters. The minimum Gasteiger partial charge on any atom is -0.341 e. The third kappa shape index (κ3) is 5.42. The molecule has 3 rings (SSSR count). The van der Waals surface area contributed by atoms with E-state index in [2.05, 4.69) is 41.8 Å². The lowest BCUT2D eigenvalue weighted by atomic mass is 10.1. The number of amides is 1. The van der Waals surface area contributed by atoms with Gasteiger partial charge >= 0.3 is 0 Å². The van der Waals surface area contributed by atoms with Crippen LogP contribution in [-0.2, 0) is 17.8 Å². The largest absolute Gasteiger partial charge is 0.341 e. The lowest BCUT2D eigenvalue weighted by Crippen LogP contribution is -2.44. The predicted octanol–water partition coefficient (Wildman–Crippen LogP) is 2.12. The fourth-order valence-corrected chi connectivity index (χ4v) is 3.86. The Bertz CT molecular complexity index is 813. The number of likely N-dealkylation sites (N-methyl/N-ethyl adjacent to an activating group) is 2. The van der Waals surface area contributed by atoms with Crippen molar-refractivity contribution in [3.63, 3.8) is 0 Å². The molecule has 0 aliphatic carbocycles. The Morgan fingerprint density at radius 3 is 2.66 bits per heavy atom. The standard InChI is InChI=1S/C22H34N6O/c1-5-25(6-2)12-13-27(7-3)22(29)17-26-11-9-21-19(15-26)16-28(24-21)20-8-10-23-18(4)14-20/h8,10,14,16H,5-7,9,11-13,15,17H2,1-4H3. The van der Waals surface area contributed by atoms with Gasteiger partial charge in [0.05, 0.1) is 17.9 Å². The van der Waals surface area contributed by atoms with Crippen LogP contribution in [0.1, 0.15) is 37.7 Å². The van der Waals surface area contributed by atoms with Gasteiger partial charge < -0.3 is 9.80 Å². The van der Waals surface area contributed by atoms with E-state index in [0.29, 0.717) is 6.54 Å². The second-order valence-corrected chi connectivity index (χ2v) is 7.66. The Hall–Kier alpha value is -2.25. The normalized spacial score (nSPS) is 14.2. The van der Waals surface area contributed by atoms with Crippen LogP contribution >= 0.6 is 0 Å². The highest BCUT2D eigenvalue weighted by Crippen LogP contribution is 2.20. The highest BCUT2D eigenvalue weighted by Gasteiger charge is 2.23. The van der Waals surface area contributed by atoms with Crippen molar-refractivity contribution in [2.75, 3.05) is 45.8 Å². The average Bonchev–Trinajstić information content (AvgIpc) is 3.15. The van der Waals surface area contributed by atoms with Gasteiger partial charge in [-0.3, -0.25) is 14.7 Å². The maximum atomic E-state index is 12.8. The molecule has 2 aromatic heterocycles. The minimum absolute atomic E-state index is 0.222. The van der Waals surface area contributed by atoms with E-state index in [0.717, 1.165) is 69.3 Å². The topological polar surface area (TPSA) is 57.5 Å². The van der Waals surface area contributed by atoms with Gasteiger partial charge in [-0.25, -0.2) is 4.68 Å². The van der Waals surface area contributed by atoms with Crippen LogP contribution in [0.25, 0.3) is 5.69 Å². The van der Waals surface area contributed by atoms with Crippen LogP contribution in [0, 0.1) is 6.92 Å². The fourth-order valence-electron chi connectivity index (χ4n) is 3.86. The van der Waals surface area contributed by atoms with Crippen molar-refractivity contribution < 1.29 is 4.79 Å². The zero-order chi connectivity index (χ0) is 20.8. The molecule has 0 aromatic carbocycles. The minimum atomic E-state index is 0.222. The molecule has 158 valence electrons. The summed E-state index contributed by atoms with van der Waals surface area (Å²) in [6.07, 6.45) is 4.79. The molecular formula is C22H34N6O. The Morgan fingerprint density at radius 1 is 1.17 bits per heavy atom. The van der Waals surface area contributed by atoms with Crippen LogP contribution in [0.2, 0.25) is 0 Å². The van der Waals surface area contributed by atoms with E-state index in [4.69, 9.17) is 5.10 Å². The molecule has 2 aromatic rings. The van der Waals surface area contributed by atoms with Gasteiger partial charge in [-0.1, -0.05) is 13.8 Å². The molecule has 1 aliphatic heterocycles. The van der Waals surface area contributed by atoms with E-state index in [1.54, 1.807) is 0 Å². The number of carbonyl (C=O) groups is 1. The van der Waals surface area contributed by atoms with Crippen LogP contribution in [0.4, 0.5) is 0 Å². The summed E-state index contributed by atoms with van der Waals surface area (Å²) in [5.41, 5.74) is 4.36. The molecular weight excluding hydrogens is 364 g/mol. The van der Waals surface area contributed by atoms with Crippen LogP contribution in [-0.4, -0.2) is 81.2 Å². The summed E-state index contributed by atoms with van der Waals surface area (Å²) in [6, 6.07) is 4.01. The van der Waals surface area contributed by atoms with Crippen molar-refractivity contribution in [3.05, 3.63) is 41.5 Å². The van der Waals surface area contributed by atoms with Crippen LogP contribution in [0.15, 0.2) is 24.5 Å². The number of aromatic nitrogens is 3. The van der Waals surface area contributed by atoms with Crippen molar-refractivity contribution in [2.24, 2.45) is 0 Å². The van der Waals surface area contributed by atoms with E-state index in [1.807, 2.05) is 34.8 Å². The summed E-state index contributed by atoms with van der Waals surface area (Å²) in [7, 11) is 0. The maximum Gasteiger partial charge on any atom is 0.236 e. The zero-order valence-corrected chi connectivity index (χ0v) is 18.3. The van der Waals surface area contributed by atoms with Crippen molar-refractivity contribution in [1.29, 1.82) is 0 Å². The van der Waals surface area contributed by atoms with E-state index in [9.17, 15) is 4.79 Å². The number of hydrogen-bond acceptors (Lipinski definition) is 5. The third-order valence-corrected chi connectivity index (χ3v) is 5.75. The molecule has 0 saturated heterocycles. The summed E-state index contributed by atoms with van der Waals surface area (Å²) in [6.45, 7) is 15.1. The maximum absolute atomic E-state index is 12.8. The zero-order valence-electron chi connectivity index (χ0n) is 18.3. The summed E-state index contributed by atoms with van der Waals surface area (Å²) < 4.78 is 1.94. The Balaban J connectivity index is 1.59. The molecule has 1 aliphatic rings. The first kappa shape index (κ1) is 21.5. The van der Waals surface area contributed by atoms with Gasteiger partial charge in [0.2, 0.25) is 5.91 Å². The summed E-state index contributed by atoms with van der Waals surface area (Å²) >= 11 is 0. The predicted molar refractivity (Wildman–Crippen MR) is 115 cm³/mol. The monoisotopic (exact) mass is 398 g/mol. The highest BCUT2D eigenvalue weighted by molar-refractivity contribution is 5.78. The van der Waals surface area contributed by atoms with Crippen molar-refractivity contribution >= 4 is 5.91 Å². The smallest absolute Gasteiger partial charge is 0.236 e. The first-order valence-electron chi connectivity index (χ1n) is 10.8. The molecule has 0 spiro atoms. The lowest BCUT2D eigenvalue weighted by molar-refractivity contribution is -0.132. The molecule has 0 atom stereocenters. The molecule has 0 bridgehead atoms. The Morgan fingerprint density at radius 2 is 1.97 bits per heavy atom. The van der Waals surface area contributed by atoms with Gasteiger partial charge in [0.25, 0.3) is 0 Å². The second-order valence-electron chi connectivity index (χ2n) is 7.66. The lowest BCUT2D eigenvalue weighted by Gasteiger charge is -2.30. The van der Waals surface area contributed by atoms with Gasteiger partial charge in [-0.2, -0.15) is 5.10 Å². The quantitative estimate of drug-likeness (QED) is 0.648. The molecule has 7 heteroatoms. The molecule has 3 heterocycles. The summed E-state index contributed by atoms with van der Waals surface area (Å²) in [4.78, 5) is 23.7. The number of nitrogens with zero attached hydrogens (tertiary/aromatic N) is 6. The average molecular weight is 399 g/mol. The van der Waals surface area contributed by atoms with Gasteiger partial charge in [0.15, 0.2) is 0 Å². The number of aryl methyl sites for hydroxylation is 1. The molecule has 0 radical (unpaired) electrons. The van der Waals surface area contributed by atoms with E-state index in [-0.39, 0.29) is 5.91 Å². The van der Waals surface area contributed by atoms with Gasteiger partial charge in [0.1, 0.15) is 0 Å². The fraction of sp³-hybridized carbons (Fsp3) is 0.591. The van der Waals surface area contributed by atoms with Crippen LogP contribution in [0.3, 0.4) is 0 Å². The number of pyridine rings is 1. The molecule has 29 heavy (non-hydrogen) atoms. The Kier molecular flexibility index (Phi) is 7.39. The SMILES string of the molecule is CCN(CC)CCN(CC)C(=O)CN1CCc2nn(-c3ccnc(C)c3)cc2C1. The molecule has 0 fully saturated rings. The van der Waals surface area contributed by atoms with Crippen LogP contribution in [0.5, 0.6) is 0 Å². The molecule has 0 saturated carbocycles. The van der Waals surface area contributed by atoms with Crippen molar-refractivity contribution in [3.8, 4) is 5.69 Å². The van der Waals surface area contributed by atoms with Gasteiger partial charge in [0, 0.05) is 62.8 Å². The Labute approximate surface area is 174 Å². The third-order valence-electron chi connectivity index (χ3n) is 5.75. The summed E-state index contributed by atoms with van der Waals surface area (Å²) in [5, 5.41) is 4.76. The number of hydrogen-bond donors (Lipinski definition) is 0. The second kappa shape index (κ2) is 9.98. The first-order valence-corrected chi connectivity index (χ1v) is 10.8. The van der Waals surface area contributed by atoms with E-state index < -0.39 is 0 Å². The van der Waals surface area contributed by atoms with Crippen LogP contribution < -0.4 is 0 Å². The van der Waals surface area contributed by atoms with Gasteiger partial charge in [-0.05, 0) is 39.1 Å². The molecule has 0 N–H and O–H groups in total. The summed E-state index contributed by atoms with van der Waals surface area (Å²) in [5.74, 6) is 0.222.